The molecule has 1 saturated heterocycles. The highest BCUT2D eigenvalue weighted by atomic mass is 16.1. The molecule has 0 amide bonds. The third-order valence-electron chi connectivity index (χ3n) is 3.80. The topological polar surface area (TPSA) is 23.6 Å². The molecule has 1 aliphatic heterocycles. The van der Waals surface area contributed by atoms with Gasteiger partial charge in [-0.15, -0.1) is 0 Å². The molecular weight excluding hydrogens is 188 g/mol. The van der Waals surface area contributed by atoms with Gasteiger partial charge in [0.05, 0.1) is 6.04 Å². The van der Waals surface area contributed by atoms with Crippen molar-refractivity contribution in [2.45, 2.75) is 44.7 Å². The smallest absolute Gasteiger partial charge is 0.149 e. The van der Waals surface area contributed by atoms with Crippen LogP contribution in [0.25, 0.3) is 0 Å². The average Bonchev–Trinajstić information content (AvgIpc) is 2.20. The summed E-state index contributed by atoms with van der Waals surface area (Å²) in [4.78, 5) is 16.7. The van der Waals surface area contributed by atoms with Gasteiger partial charge in [0.2, 0.25) is 0 Å². The maximum Gasteiger partial charge on any atom is 0.149 e. The maximum atomic E-state index is 11.9. The van der Waals surface area contributed by atoms with Crippen LogP contribution in [-0.2, 0) is 4.79 Å². The Morgan fingerprint density at radius 3 is 2.73 bits per heavy atom. The van der Waals surface area contributed by atoms with Crippen LogP contribution < -0.4 is 0 Å². The second kappa shape index (κ2) is 4.62. The lowest BCUT2D eigenvalue weighted by atomic mass is 9.91. The summed E-state index contributed by atoms with van der Waals surface area (Å²) in [6.45, 7) is 5.52. The first-order chi connectivity index (χ1) is 7.18. The molecule has 0 spiro atoms. The molecule has 2 rings (SSSR count). The first-order valence-electron chi connectivity index (χ1n) is 6.15. The van der Waals surface area contributed by atoms with Crippen molar-refractivity contribution in [3.63, 3.8) is 0 Å². The van der Waals surface area contributed by atoms with E-state index in [9.17, 15) is 4.79 Å². The van der Waals surface area contributed by atoms with Crippen LogP contribution in [0.15, 0.2) is 0 Å². The lowest BCUT2D eigenvalue weighted by Gasteiger charge is -2.43. The minimum Gasteiger partial charge on any atom is -0.304 e. The van der Waals surface area contributed by atoms with Gasteiger partial charge in [-0.25, -0.2) is 0 Å². The van der Waals surface area contributed by atoms with Crippen molar-refractivity contribution in [2.24, 2.45) is 0 Å². The largest absolute Gasteiger partial charge is 0.304 e. The Balaban J connectivity index is 1.99. The number of hydrogen-bond acceptors (Lipinski definition) is 3. The van der Waals surface area contributed by atoms with E-state index in [4.69, 9.17) is 0 Å². The highest BCUT2D eigenvalue weighted by Gasteiger charge is 2.33. The van der Waals surface area contributed by atoms with E-state index >= 15 is 0 Å². The highest BCUT2D eigenvalue weighted by Crippen LogP contribution is 2.23. The van der Waals surface area contributed by atoms with Crippen LogP contribution in [0.3, 0.4) is 0 Å². The van der Waals surface area contributed by atoms with Crippen molar-refractivity contribution >= 4 is 5.78 Å². The van der Waals surface area contributed by atoms with Crippen molar-refractivity contribution in [1.82, 2.24) is 9.80 Å². The number of nitrogens with zero attached hydrogens (tertiary/aromatic N) is 2. The Morgan fingerprint density at radius 1 is 1.27 bits per heavy atom. The van der Waals surface area contributed by atoms with Gasteiger partial charge in [0.15, 0.2) is 0 Å². The molecule has 86 valence electrons. The highest BCUT2D eigenvalue weighted by molar-refractivity contribution is 5.84. The van der Waals surface area contributed by atoms with Gasteiger partial charge in [0.1, 0.15) is 5.78 Å². The molecule has 3 nitrogen and oxygen atoms in total. The summed E-state index contributed by atoms with van der Waals surface area (Å²) >= 11 is 0. The zero-order valence-electron chi connectivity index (χ0n) is 9.91. The van der Waals surface area contributed by atoms with Gasteiger partial charge in [-0.3, -0.25) is 9.69 Å². The standard InChI is InChI=1S/C12H22N2O/c1-10-9-13(2)7-8-14(10)11-5-3-4-6-12(11)15/h10-11H,3-9H2,1-2H3. The first-order valence-corrected chi connectivity index (χ1v) is 6.15. The molecule has 3 heteroatoms. The molecule has 2 fully saturated rings. The van der Waals surface area contributed by atoms with Crippen molar-refractivity contribution in [3.8, 4) is 0 Å². The molecule has 0 radical (unpaired) electrons. The molecule has 1 aliphatic carbocycles. The third-order valence-corrected chi connectivity index (χ3v) is 3.80. The van der Waals surface area contributed by atoms with Crippen molar-refractivity contribution in [3.05, 3.63) is 0 Å². The van der Waals surface area contributed by atoms with Crippen LogP contribution in [0, 0.1) is 0 Å². The number of carbonyl (C=O) groups excluding carboxylic acids is 1. The van der Waals surface area contributed by atoms with Gasteiger partial charge in [-0.05, 0) is 26.8 Å². The fourth-order valence-corrected chi connectivity index (χ4v) is 2.93. The first kappa shape index (κ1) is 11.1. The quantitative estimate of drug-likeness (QED) is 0.648. The lowest BCUT2D eigenvalue weighted by molar-refractivity contribution is -0.128. The van der Waals surface area contributed by atoms with Gasteiger partial charge in [-0.2, -0.15) is 0 Å². The Morgan fingerprint density at radius 2 is 2.07 bits per heavy atom. The Bertz CT molecular complexity index is 242. The molecule has 1 heterocycles. The second-order valence-electron chi connectivity index (χ2n) is 5.08. The fourth-order valence-electron chi connectivity index (χ4n) is 2.93. The lowest BCUT2D eigenvalue weighted by Crippen LogP contribution is -2.56. The summed E-state index contributed by atoms with van der Waals surface area (Å²) in [7, 11) is 2.16. The van der Waals surface area contributed by atoms with E-state index in [2.05, 4.69) is 23.8 Å². The number of rotatable bonds is 1. The van der Waals surface area contributed by atoms with Crippen LogP contribution in [0.5, 0.6) is 0 Å². The summed E-state index contributed by atoms with van der Waals surface area (Å²) in [6, 6.07) is 0.776. The molecule has 15 heavy (non-hydrogen) atoms. The predicted octanol–water partition coefficient (Wildman–Crippen LogP) is 1.13. The predicted molar refractivity (Wildman–Crippen MR) is 60.9 cm³/mol. The fraction of sp³-hybridized carbons (Fsp3) is 0.917. The van der Waals surface area contributed by atoms with Crippen molar-refractivity contribution in [1.29, 1.82) is 0 Å². The molecule has 2 atom stereocenters. The molecule has 2 aliphatic rings. The molecule has 0 bridgehead atoms. The van der Waals surface area contributed by atoms with Gasteiger partial charge < -0.3 is 4.90 Å². The second-order valence-corrected chi connectivity index (χ2v) is 5.08. The molecule has 0 N–H and O–H groups in total. The summed E-state index contributed by atoms with van der Waals surface area (Å²) in [5.74, 6) is 0.484. The van der Waals surface area contributed by atoms with Gasteiger partial charge in [-0.1, -0.05) is 6.42 Å². The van der Waals surface area contributed by atoms with E-state index < -0.39 is 0 Å². The number of ketones is 1. The maximum absolute atomic E-state index is 11.9. The molecule has 1 saturated carbocycles. The number of carbonyl (C=O) groups is 1. The molecule has 0 aromatic rings. The number of hydrogen-bond donors (Lipinski definition) is 0. The van der Waals surface area contributed by atoms with E-state index in [-0.39, 0.29) is 6.04 Å². The number of likely N-dealkylation sites (N-methyl/N-ethyl adjacent to an activating group) is 1. The monoisotopic (exact) mass is 210 g/mol. The Kier molecular flexibility index (Phi) is 3.42. The minimum absolute atomic E-state index is 0.238. The summed E-state index contributed by atoms with van der Waals surface area (Å²) in [5, 5.41) is 0. The normalized spacial score (nSPS) is 35.7. The summed E-state index contributed by atoms with van der Waals surface area (Å²) < 4.78 is 0. The van der Waals surface area contributed by atoms with Crippen LogP contribution >= 0.6 is 0 Å². The molecular formula is C12H22N2O. The van der Waals surface area contributed by atoms with Crippen LogP contribution in [0.1, 0.15) is 32.6 Å². The average molecular weight is 210 g/mol. The Hall–Kier alpha value is -0.410. The van der Waals surface area contributed by atoms with E-state index in [1.54, 1.807) is 0 Å². The summed E-state index contributed by atoms with van der Waals surface area (Å²) in [6.07, 6.45) is 4.24. The van der Waals surface area contributed by atoms with Crippen molar-refractivity contribution in [2.75, 3.05) is 26.7 Å². The zero-order valence-corrected chi connectivity index (χ0v) is 9.91. The van der Waals surface area contributed by atoms with E-state index in [1.807, 2.05) is 0 Å². The molecule has 0 aromatic heterocycles. The van der Waals surface area contributed by atoms with E-state index in [0.717, 1.165) is 38.9 Å². The Labute approximate surface area is 92.4 Å². The number of Topliss-reactive ketones (excluding diaryl/α,β-unsaturated/α-hetero) is 1. The van der Waals surface area contributed by atoms with Crippen LogP contribution in [0.4, 0.5) is 0 Å². The SMILES string of the molecule is CC1CN(C)CCN1C1CCCCC1=O. The van der Waals surface area contributed by atoms with Crippen LogP contribution in [-0.4, -0.2) is 54.3 Å². The molecule has 0 aromatic carbocycles. The van der Waals surface area contributed by atoms with Crippen molar-refractivity contribution < 1.29 is 4.79 Å². The minimum atomic E-state index is 0.238. The van der Waals surface area contributed by atoms with Gasteiger partial charge in [0.25, 0.3) is 0 Å². The van der Waals surface area contributed by atoms with E-state index in [0.29, 0.717) is 11.8 Å². The third kappa shape index (κ3) is 2.40. The van der Waals surface area contributed by atoms with Gasteiger partial charge in [0, 0.05) is 32.1 Å². The van der Waals surface area contributed by atoms with Gasteiger partial charge >= 0.3 is 0 Å². The van der Waals surface area contributed by atoms with E-state index in [1.165, 1.54) is 6.42 Å². The van der Waals surface area contributed by atoms with Crippen LogP contribution in [0.2, 0.25) is 0 Å². The summed E-state index contributed by atoms with van der Waals surface area (Å²) in [5.41, 5.74) is 0. The number of piperazine rings is 1. The zero-order chi connectivity index (χ0) is 10.8. The molecule has 2 unspecified atom stereocenters.